The molecule has 1 amide bonds. The number of amides is 1. The maximum Gasteiger partial charge on any atom is 0.223 e. The Hall–Kier alpha value is -1.66. The minimum atomic E-state index is 0.103. The molecule has 2 saturated carbocycles. The van der Waals surface area contributed by atoms with Crippen molar-refractivity contribution in [3.63, 3.8) is 0 Å². The van der Waals surface area contributed by atoms with Crippen molar-refractivity contribution in [1.82, 2.24) is 10.3 Å². The minimum absolute atomic E-state index is 0.103. The van der Waals surface area contributed by atoms with E-state index in [1.807, 2.05) is 24.4 Å². The lowest BCUT2D eigenvalue weighted by molar-refractivity contribution is -0.128. The third-order valence-corrected chi connectivity index (χ3v) is 6.53. The first-order valence-corrected chi connectivity index (χ1v) is 10.0. The van der Waals surface area contributed by atoms with Gasteiger partial charge in [-0.05, 0) is 56.6 Å². The van der Waals surface area contributed by atoms with Gasteiger partial charge in [-0.25, -0.2) is 4.98 Å². The Morgan fingerprint density at radius 2 is 2.12 bits per heavy atom. The van der Waals surface area contributed by atoms with Crippen molar-refractivity contribution in [2.75, 3.05) is 0 Å². The van der Waals surface area contributed by atoms with E-state index in [0.29, 0.717) is 24.4 Å². The van der Waals surface area contributed by atoms with Crippen LogP contribution in [0, 0.1) is 24.7 Å². The molecular formula is C19H25N3O2S. The lowest BCUT2D eigenvalue weighted by atomic mass is 9.65. The Kier molecular flexibility index (Phi) is 4.65. The molecule has 0 saturated heterocycles. The van der Waals surface area contributed by atoms with Crippen LogP contribution in [0.4, 0.5) is 0 Å². The molecule has 2 aliphatic carbocycles. The van der Waals surface area contributed by atoms with Gasteiger partial charge in [0.1, 0.15) is 11.5 Å². The molecule has 2 bridgehead atoms. The molecule has 2 unspecified atom stereocenters. The first kappa shape index (κ1) is 16.8. The summed E-state index contributed by atoms with van der Waals surface area (Å²) >= 11 is 1.60. The Morgan fingerprint density at radius 3 is 2.80 bits per heavy atom. The quantitative estimate of drug-likeness (QED) is 0.876. The molecule has 2 aliphatic rings. The summed E-state index contributed by atoms with van der Waals surface area (Å²) in [4.78, 5) is 17.0. The zero-order valence-electron chi connectivity index (χ0n) is 14.5. The molecule has 0 radical (unpaired) electrons. The van der Waals surface area contributed by atoms with E-state index in [1.165, 1.54) is 19.3 Å². The number of aryl methyl sites for hydroxylation is 1. The summed E-state index contributed by atoms with van der Waals surface area (Å²) < 4.78 is 5.82. The Morgan fingerprint density at radius 1 is 1.36 bits per heavy atom. The van der Waals surface area contributed by atoms with Crippen molar-refractivity contribution < 1.29 is 9.21 Å². The summed E-state index contributed by atoms with van der Waals surface area (Å²) in [5, 5.41) is 6.05. The van der Waals surface area contributed by atoms with E-state index >= 15 is 0 Å². The smallest absolute Gasteiger partial charge is 0.223 e. The molecule has 3 N–H and O–H groups in total. The van der Waals surface area contributed by atoms with Gasteiger partial charge in [-0.3, -0.25) is 4.79 Å². The van der Waals surface area contributed by atoms with Gasteiger partial charge in [0.15, 0.2) is 5.76 Å². The molecule has 0 aromatic carbocycles. The van der Waals surface area contributed by atoms with Gasteiger partial charge in [0.05, 0.1) is 11.6 Å². The van der Waals surface area contributed by atoms with Gasteiger partial charge in [-0.2, -0.15) is 0 Å². The standard InChI is InChI=1S/C19H25N3O2S/c1-11-22-16(10-25-11)17-6-5-15(24-17)9-21-19(23)14-7-12-3-2-4-13(8-14)18(12)20/h5-6,10,12-14,18H,2-4,7-9,20H2,1H3,(H,21,23). The first-order valence-electron chi connectivity index (χ1n) is 9.14. The van der Waals surface area contributed by atoms with E-state index in [9.17, 15) is 4.79 Å². The highest BCUT2D eigenvalue weighted by atomic mass is 32.1. The molecule has 2 aromatic rings. The van der Waals surface area contributed by atoms with Gasteiger partial charge in [-0.1, -0.05) is 6.42 Å². The normalized spacial score (nSPS) is 28.7. The fraction of sp³-hybridized carbons (Fsp3) is 0.579. The molecule has 5 nitrogen and oxygen atoms in total. The van der Waals surface area contributed by atoms with Crippen molar-refractivity contribution in [2.24, 2.45) is 23.5 Å². The van der Waals surface area contributed by atoms with Gasteiger partial charge in [0, 0.05) is 17.3 Å². The number of fused-ring (bicyclic) bond motifs is 2. The Bertz CT molecular complexity index is 739. The largest absolute Gasteiger partial charge is 0.458 e. The number of carbonyl (C=O) groups excluding carboxylic acids is 1. The Labute approximate surface area is 152 Å². The molecule has 0 spiro atoms. The van der Waals surface area contributed by atoms with Gasteiger partial charge in [0.25, 0.3) is 0 Å². The number of nitrogens with zero attached hydrogens (tertiary/aromatic N) is 1. The van der Waals surface area contributed by atoms with Crippen LogP contribution in [0.5, 0.6) is 0 Å². The molecule has 4 rings (SSSR count). The van der Waals surface area contributed by atoms with E-state index in [0.717, 1.165) is 35.1 Å². The number of thiazole rings is 1. The predicted molar refractivity (Wildman–Crippen MR) is 97.9 cm³/mol. The second kappa shape index (κ2) is 6.92. The van der Waals surface area contributed by atoms with Crippen molar-refractivity contribution in [1.29, 1.82) is 0 Å². The second-order valence-corrected chi connectivity index (χ2v) is 8.49. The van der Waals surface area contributed by atoms with E-state index in [1.54, 1.807) is 11.3 Å². The van der Waals surface area contributed by atoms with Crippen LogP contribution in [0.25, 0.3) is 11.5 Å². The molecular weight excluding hydrogens is 334 g/mol. The fourth-order valence-electron chi connectivity index (χ4n) is 4.41. The van der Waals surface area contributed by atoms with Crippen molar-refractivity contribution in [3.05, 3.63) is 28.3 Å². The fourth-order valence-corrected chi connectivity index (χ4v) is 5.01. The Balaban J connectivity index is 1.34. The van der Waals surface area contributed by atoms with Gasteiger partial charge < -0.3 is 15.5 Å². The highest BCUT2D eigenvalue weighted by Gasteiger charge is 2.40. The third kappa shape index (κ3) is 3.51. The predicted octanol–water partition coefficient (Wildman–Crippen LogP) is 3.48. The topological polar surface area (TPSA) is 81.2 Å². The number of carbonyl (C=O) groups is 1. The summed E-state index contributed by atoms with van der Waals surface area (Å²) in [5.41, 5.74) is 7.18. The van der Waals surface area contributed by atoms with Crippen LogP contribution in [-0.4, -0.2) is 16.9 Å². The van der Waals surface area contributed by atoms with E-state index in [2.05, 4.69) is 10.3 Å². The van der Waals surface area contributed by atoms with Crippen molar-refractivity contribution in [2.45, 2.75) is 51.6 Å². The zero-order chi connectivity index (χ0) is 17.4. The molecule has 2 aromatic heterocycles. The monoisotopic (exact) mass is 359 g/mol. The molecule has 2 atom stereocenters. The molecule has 6 heteroatoms. The summed E-state index contributed by atoms with van der Waals surface area (Å²) in [6.07, 6.45) is 5.49. The highest BCUT2D eigenvalue weighted by Crippen LogP contribution is 2.41. The third-order valence-electron chi connectivity index (χ3n) is 5.75. The number of aromatic nitrogens is 1. The lowest BCUT2D eigenvalue weighted by Crippen LogP contribution is -2.49. The average Bonchev–Trinajstić information content (AvgIpc) is 3.21. The van der Waals surface area contributed by atoms with Crippen molar-refractivity contribution >= 4 is 17.2 Å². The number of nitrogens with one attached hydrogen (secondary N) is 1. The van der Waals surface area contributed by atoms with Crippen molar-refractivity contribution in [3.8, 4) is 11.5 Å². The summed E-state index contributed by atoms with van der Waals surface area (Å²) in [6.45, 7) is 2.41. The van der Waals surface area contributed by atoms with Crippen LogP contribution < -0.4 is 11.1 Å². The minimum Gasteiger partial charge on any atom is -0.458 e. The number of furan rings is 1. The second-order valence-electron chi connectivity index (χ2n) is 7.43. The van der Waals surface area contributed by atoms with Crippen LogP contribution in [0.1, 0.15) is 42.9 Å². The highest BCUT2D eigenvalue weighted by molar-refractivity contribution is 7.09. The summed E-state index contributed by atoms with van der Waals surface area (Å²) in [5.74, 6) is 2.81. The molecule has 25 heavy (non-hydrogen) atoms. The van der Waals surface area contributed by atoms with E-state index in [4.69, 9.17) is 10.2 Å². The summed E-state index contributed by atoms with van der Waals surface area (Å²) in [6, 6.07) is 4.13. The van der Waals surface area contributed by atoms with E-state index < -0.39 is 0 Å². The number of hydrogen-bond donors (Lipinski definition) is 2. The van der Waals surface area contributed by atoms with Gasteiger partial charge in [-0.15, -0.1) is 11.3 Å². The van der Waals surface area contributed by atoms with Gasteiger partial charge in [0.2, 0.25) is 5.91 Å². The maximum atomic E-state index is 12.6. The number of nitrogens with two attached hydrogens (primary N) is 1. The lowest BCUT2D eigenvalue weighted by Gasteiger charge is -2.43. The maximum absolute atomic E-state index is 12.6. The SMILES string of the molecule is Cc1nc(-c2ccc(CNC(=O)C3CC4CCCC(C3)C4N)o2)cs1. The first-order chi connectivity index (χ1) is 12.1. The number of hydrogen-bond acceptors (Lipinski definition) is 5. The summed E-state index contributed by atoms with van der Waals surface area (Å²) in [7, 11) is 0. The molecule has 2 heterocycles. The van der Waals surface area contributed by atoms with Crippen LogP contribution >= 0.6 is 11.3 Å². The average molecular weight is 359 g/mol. The van der Waals surface area contributed by atoms with E-state index in [-0.39, 0.29) is 11.8 Å². The van der Waals surface area contributed by atoms with Gasteiger partial charge >= 0.3 is 0 Å². The number of rotatable bonds is 4. The molecule has 0 aliphatic heterocycles. The zero-order valence-corrected chi connectivity index (χ0v) is 15.3. The van der Waals surface area contributed by atoms with Crippen LogP contribution in [0.3, 0.4) is 0 Å². The molecule has 134 valence electrons. The molecule has 2 fully saturated rings. The van der Waals surface area contributed by atoms with Crippen LogP contribution in [0.2, 0.25) is 0 Å². The van der Waals surface area contributed by atoms with Crippen LogP contribution in [0.15, 0.2) is 21.9 Å². The van der Waals surface area contributed by atoms with Crippen LogP contribution in [-0.2, 0) is 11.3 Å².